The molecule has 31 heavy (non-hydrogen) atoms. The summed E-state index contributed by atoms with van der Waals surface area (Å²) in [6.45, 7) is 8.44. The number of carbonyl (C=O) groups excluding carboxylic acids is 1. The van der Waals surface area contributed by atoms with Gasteiger partial charge >= 0.3 is 6.03 Å². The molecule has 1 aromatic heterocycles. The Morgan fingerprint density at radius 1 is 0.968 bits per heavy atom. The number of aromatic nitrogens is 2. The molecular formula is C25H31N5O. The van der Waals surface area contributed by atoms with E-state index >= 15 is 0 Å². The molecule has 4 rings (SSSR count). The monoisotopic (exact) mass is 417 g/mol. The molecule has 3 aromatic rings. The second kappa shape index (κ2) is 9.25. The summed E-state index contributed by atoms with van der Waals surface area (Å²) < 4.78 is 0. The maximum atomic E-state index is 12.6. The summed E-state index contributed by atoms with van der Waals surface area (Å²) in [5, 5.41) is 13.3. The molecule has 1 aliphatic rings. The molecule has 0 aliphatic carbocycles. The van der Waals surface area contributed by atoms with E-state index < -0.39 is 0 Å². The van der Waals surface area contributed by atoms with Crippen LogP contribution in [0, 0.1) is 6.92 Å². The van der Waals surface area contributed by atoms with Gasteiger partial charge in [-0.1, -0.05) is 38.1 Å². The highest BCUT2D eigenvalue weighted by molar-refractivity contribution is 6.02. The Morgan fingerprint density at radius 3 is 2.29 bits per heavy atom. The Hall–Kier alpha value is -3.28. The molecule has 1 aliphatic heterocycles. The van der Waals surface area contributed by atoms with Crippen LogP contribution in [0.2, 0.25) is 0 Å². The molecule has 2 heterocycles. The van der Waals surface area contributed by atoms with E-state index in [4.69, 9.17) is 0 Å². The van der Waals surface area contributed by atoms with E-state index in [1.807, 2.05) is 31.2 Å². The zero-order valence-corrected chi connectivity index (χ0v) is 18.5. The first-order valence-electron chi connectivity index (χ1n) is 11.1. The molecule has 0 unspecified atom stereocenters. The van der Waals surface area contributed by atoms with Crippen molar-refractivity contribution >= 4 is 23.1 Å². The van der Waals surface area contributed by atoms with Gasteiger partial charge in [0.05, 0.1) is 11.4 Å². The summed E-state index contributed by atoms with van der Waals surface area (Å²) in [6.07, 6.45) is 3.83. The maximum absolute atomic E-state index is 12.6. The highest BCUT2D eigenvalue weighted by atomic mass is 16.2. The number of amides is 2. The van der Waals surface area contributed by atoms with Crippen molar-refractivity contribution in [2.45, 2.75) is 46.0 Å². The van der Waals surface area contributed by atoms with Crippen LogP contribution < -0.4 is 15.5 Å². The van der Waals surface area contributed by atoms with Crippen molar-refractivity contribution in [1.82, 2.24) is 10.2 Å². The van der Waals surface area contributed by atoms with Crippen molar-refractivity contribution in [2.75, 3.05) is 28.6 Å². The van der Waals surface area contributed by atoms with Crippen LogP contribution in [0.25, 0.3) is 11.3 Å². The Bertz CT molecular complexity index is 1020. The van der Waals surface area contributed by atoms with Crippen LogP contribution in [0.5, 0.6) is 0 Å². The molecule has 3 N–H and O–H groups in total. The fraction of sp³-hybridized carbons (Fsp3) is 0.360. The van der Waals surface area contributed by atoms with E-state index in [0.717, 1.165) is 35.7 Å². The number of hydrogen-bond acceptors (Lipinski definition) is 3. The number of rotatable bonds is 5. The quantitative estimate of drug-likeness (QED) is 0.467. The molecule has 0 radical (unpaired) electrons. The van der Waals surface area contributed by atoms with Gasteiger partial charge in [-0.15, -0.1) is 0 Å². The minimum absolute atomic E-state index is 0.284. The van der Waals surface area contributed by atoms with E-state index in [9.17, 15) is 4.79 Å². The van der Waals surface area contributed by atoms with Crippen LogP contribution in [0.1, 0.15) is 50.3 Å². The number of nitrogens with zero attached hydrogens (tertiary/aromatic N) is 2. The van der Waals surface area contributed by atoms with Crippen molar-refractivity contribution in [3.63, 3.8) is 0 Å². The van der Waals surface area contributed by atoms with Gasteiger partial charge in [0.25, 0.3) is 0 Å². The number of aromatic amines is 1. The van der Waals surface area contributed by atoms with Gasteiger partial charge < -0.3 is 15.5 Å². The molecule has 0 saturated carbocycles. The number of nitrogens with one attached hydrogen (secondary N) is 3. The lowest BCUT2D eigenvalue weighted by atomic mass is 10.0. The van der Waals surface area contributed by atoms with E-state index in [1.165, 1.54) is 30.5 Å². The predicted molar refractivity (Wildman–Crippen MR) is 128 cm³/mol. The molecule has 0 atom stereocenters. The van der Waals surface area contributed by atoms with Gasteiger partial charge in [-0.2, -0.15) is 5.10 Å². The number of piperidine rings is 1. The maximum Gasteiger partial charge on any atom is 0.323 e. The number of hydrogen-bond donors (Lipinski definition) is 3. The zero-order chi connectivity index (χ0) is 21.8. The molecule has 1 fully saturated rings. The molecule has 1 saturated heterocycles. The lowest BCUT2D eigenvalue weighted by Gasteiger charge is -2.28. The number of urea groups is 1. The van der Waals surface area contributed by atoms with Crippen LogP contribution >= 0.6 is 0 Å². The lowest BCUT2D eigenvalue weighted by molar-refractivity contribution is 0.262. The topological polar surface area (TPSA) is 73.0 Å². The third-order valence-corrected chi connectivity index (χ3v) is 5.88. The van der Waals surface area contributed by atoms with Crippen LogP contribution in [-0.2, 0) is 0 Å². The van der Waals surface area contributed by atoms with E-state index in [-0.39, 0.29) is 6.03 Å². The van der Waals surface area contributed by atoms with E-state index in [1.54, 1.807) is 0 Å². The Kier molecular flexibility index (Phi) is 6.26. The second-order valence-electron chi connectivity index (χ2n) is 8.52. The van der Waals surface area contributed by atoms with Gasteiger partial charge in [0.15, 0.2) is 0 Å². The fourth-order valence-corrected chi connectivity index (χ4v) is 4.00. The Labute approximate surface area is 184 Å². The van der Waals surface area contributed by atoms with Crippen LogP contribution in [0.3, 0.4) is 0 Å². The third-order valence-electron chi connectivity index (χ3n) is 5.88. The molecule has 6 nitrogen and oxygen atoms in total. The van der Waals surface area contributed by atoms with Crippen molar-refractivity contribution in [3.05, 3.63) is 59.8 Å². The Balaban J connectivity index is 1.46. The molecule has 0 spiro atoms. The average Bonchev–Trinajstić information content (AvgIpc) is 3.15. The molecule has 0 bridgehead atoms. The highest BCUT2D eigenvalue weighted by Crippen LogP contribution is 2.31. The summed E-state index contributed by atoms with van der Waals surface area (Å²) in [4.78, 5) is 15.1. The van der Waals surface area contributed by atoms with Crippen LogP contribution in [-0.4, -0.2) is 29.3 Å². The molecule has 162 valence electrons. The number of benzene rings is 2. The fourth-order valence-electron chi connectivity index (χ4n) is 4.00. The number of aryl methyl sites for hydroxylation is 1. The number of H-pyrrole nitrogens is 1. The van der Waals surface area contributed by atoms with Gasteiger partial charge in [-0.25, -0.2) is 4.79 Å². The average molecular weight is 418 g/mol. The van der Waals surface area contributed by atoms with Crippen LogP contribution in [0.4, 0.5) is 21.9 Å². The third kappa shape index (κ3) is 4.90. The summed E-state index contributed by atoms with van der Waals surface area (Å²) in [7, 11) is 0. The summed E-state index contributed by atoms with van der Waals surface area (Å²) >= 11 is 0. The standard InChI is InChI=1S/C25H31N5O/c1-17(2)19-7-11-21(12-8-19)26-25(31)27-23-18(3)28-29-24(23)20-9-13-22(14-10-20)30-15-5-4-6-16-30/h7-14,17H,4-6,15-16H2,1-3H3,(H,28,29)(H2,26,27,31). The smallest absolute Gasteiger partial charge is 0.323 e. The summed E-state index contributed by atoms with van der Waals surface area (Å²) in [6, 6.07) is 16.1. The lowest BCUT2D eigenvalue weighted by Crippen LogP contribution is -2.29. The van der Waals surface area contributed by atoms with Crippen molar-refractivity contribution < 1.29 is 4.79 Å². The van der Waals surface area contributed by atoms with Gasteiger partial charge in [-0.05, 0) is 61.9 Å². The van der Waals surface area contributed by atoms with Gasteiger partial charge in [0.2, 0.25) is 0 Å². The highest BCUT2D eigenvalue weighted by Gasteiger charge is 2.16. The first kappa shape index (κ1) is 21.0. The van der Waals surface area contributed by atoms with Gasteiger partial charge in [0, 0.05) is 30.0 Å². The minimum Gasteiger partial charge on any atom is -0.372 e. The first-order chi connectivity index (χ1) is 15.0. The minimum atomic E-state index is -0.284. The largest absolute Gasteiger partial charge is 0.372 e. The van der Waals surface area contributed by atoms with Crippen molar-refractivity contribution in [1.29, 1.82) is 0 Å². The van der Waals surface area contributed by atoms with Crippen LogP contribution in [0.15, 0.2) is 48.5 Å². The van der Waals surface area contributed by atoms with Crippen molar-refractivity contribution in [2.24, 2.45) is 0 Å². The number of carbonyl (C=O) groups is 1. The summed E-state index contributed by atoms with van der Waals surface area (Å²) in [5.74, 6) is 0.459. The predicted octanol–water partition coefficient (Wildman–Crippen LogP) is 6.14. The van der Waals surface area contributed by atoms with E-state index in [0.29, 0.717) is 11.6 Å². The van der Waals surface area contributed by atoms with Gasteiger partial charge in [0.1, 0.15) is 5.69 Å². The van der Waals surface area contributed by atoms with Gasteiger partial charge in [-0.3, -0.25) is 5.10 Å². The number of anilines is 3. The van der Waals surface area contributed by atoms with Crippen molar-refractivity contribution in [3.8, 4) is 11.3 Å². The second-order valence-corrected chi connectivity index (χ2v) is 8.52. The SMILES string of the molecule is Cc1[nH]nc(-c2ccc(N3CCCCC3)cc2)c1NC(=O)Nc1ccc(C(C)C)cc1. The summed E-state index contributed by atoms with van der Waals surface area (Å²) in [5.41, 5.74) is 6.48. The molecular weight excluding hydrogens is 386 g/mol. The molecule has 6 heteroatoms. The zero-order valence-electron chi connectivity index (χ0n) is 18.5. The van der Waals surface area contributed by atoms with E-state index in [2.05, 4.69) is 63.8 Å². The molecule has 2 amide bonds. The first-order valence-corrected chi connectivity index (χ1v) is 11.1. The Morgan fingerprint density at radius 2 is 1.65 bits per heavy atom. The molecule has 2 aromatic carbocycles. The normalized spacial score (nSPS) is 14.0.